The number of hydrogen-bond donors (Lipinski definition) is 12. The molecule has 3 saturated heterocycles. The number of esters is 1. The van der Waals surface area contributed by atoms with E-state index in [0.717, 1.165) is 19.3 Å². The largest absolute Gasteiger partial charge is 0.432 e. The van der Waals surface area contributed by atoms with Gasteiger partial charge in [0.05, 0.1) is 43.5 Å². The van der Waals surface area contributed by atoms with E-state index in [2.05, 4.69) is 40.7 Å². The molecule has 0 bridgehead atoms. The Balaban J connectivity index is 0.985. The molecule has 12 N–H and O–H groups in total. The van der Waals surface area contributed by atoms with Crippen LogP contribution in [0.5, 0.6) is 0 Å². The zero-order valence-electron chi connectivity index (χ0n) is 39.8. The molecule has 0 amide bonds. The van der Waals surface area contributed by atoms with Gasteiger partial charge in [-0.1, -0.05) is 53.2 Å². The van der Waals surface area contributed by atoms with Crippen molar-refractivity contribution in [3.05, 3.63) is 11.6 Å². The fraction of sp³-hybridized carbons (Fsp3) is 0.938. The summed E-state index contributed by atoms with van der Waals surface area (Å²) in [5.74, 6) is -0.386. The zero-order chi connectivity index (χ0) is 49.1. The van der Waals surface area contributed by atoms with Gasteiger partial charge in [-0.2, -0.15) is 0 Å². The lowest BCUT2D eigenvalue weighted by atomic mass is 9.33. The Morgan fingerprint density at radius 3 is 2.01 bits per heavy atom. The van der Waals surface area contributed by atoms with Crippen molar-refractivity contribution in [2.24, 2.45) is 56.7 Å². The number of fused-ring (bicyclic) bond motifs is 7. The molecule has 3 aliphatic heterocycles. The third kappa shape index (κ3) is 7.92. The molecule has 19 nitrogen and oxygen atoms in total. The van der Waals surface area contributed by atoms with E-state index in [1.807, 2.05) is 6.92 Å². The third-order valence-electron chi connectivity index (χ3n) is 19.7. The molecular weight excluding hydrogens is 881 g/mol. The molecule has 27 atom stereocenters. The van der Waals surface area contributed by atoms with E-state index >= 15 is 4.79 Å². The summed E-state index contributed by atoms with van der Waals surface area (Å²) in [6.45, 7) is 13.0. The van der Waals surface area contributed by atoms with Crippen molar-refractivity contribution < 1.29 is 94.5 Å². The van der Waals surface area contributed by atoms with Gasteiger partial charge >= 0.3 is 5.97 Å². The van der Waals surface area contributed by atoms with Gasteiger partial charge < -0.3 is 89.7 Å². The van der Waals surface area contributed by atoms with E-state index < -0.39 is 134 Å². The van der Waals surface area contributed by atoms with E-state index in [1.165, 1.54) is 12.5 Å². The van der Waals surface area contributed by atoms with Gasteiger partial charge in [0.25, 0.3) is 0 Å². The first-order chi connectivity index (χ1) is 31.4. The molecule has 0 aromatic heterocycles. The highest BCUT2D eigenvalue weighted by Gasteiger charge is 2.71. The van der Waals surface area contributed by atoms with Gasteiger partial charge in [-0.15, -0.1) is 0 Å². The van der Waals surface area contributed by atoms with Crippen molar-refractivity contribution in [2.75, 3.05) is 19.8 Å². The number of hydrogen-bond acceptors (Lipinski definition) is 19. The Morgan fingerprint density at radius 1 is 0.701 bits per heavy atom. The van der Waals surface area contributed by atoms with Crippen molar-refractivity contribution in [3.8, 4) is 0 Å². The summed E-state index contributed by atoms with van der Waals surface area (Å²) < 4.78 is 34.7. The topological polar surface area (TPSA) is 315 Å². The van der Waals surface area contributed by atoms with Crippen molar-refractivity contribution >= 4 is 5.97 Å². The van der Waals surface area contributed by atoms with E-state index in [1.54, 1.807) is 0 Å². The number of carbonyl (C=O) groups excluding carboxylic acids is 1. The molecule has 67 heavy (non-hydrogen) atoms. The van der Waals surface area contributed by atoms with Crippen LogP contribution in [0.2, 0.25) is 0 Å². The second-order valence-corrected chi connectivity index (χ2v) is 22.9. The van der Waals surface area contributed by atoms with E-state index in [0.29, 0.717) is 32.1 Å². The zero-order valence-corrected chi connectivity index (χ0v) is 39.8. The summed E-state index contributed by atoms with van der Waals surface area (Å²) >= 11 is 0. The Morgan fingerprint density at radius 2 is 1.34 bits per heavy atom. The highest BCUT2D eigenvalue weighted by Crippen LogP contribution is 2.76. The number of aliphatic hydroxyl groups is 12. The molecule has 0 aromatic rings. The van der Waals surface area contributed by atoms with Gasteiger partial charge in [-0.25, -0.2) is 0 Å². The van der Waals surface area contributed by atoms with Crippen LogP contribution < -0.4 is 0 Å². The van der Waals surface area contributed by atoms with E-state index in [9.17, 15) is 61.3 Å². The van der Waals surface area contributed by atoms with Gasteiger partial charge in [0.1, 0.15) is 67.1 Å². The SMILES string of the molecule is C[C@@H]1[C@@H](C)CC[C@@]2(C(=O)O[C@H]3O[C@@H](CO[C@H]4O[C@@H](CO)[C@H](O[C@H]5O[C@H](C)[C@@H](O)[C@H](O)[C@@H]5O)[C@@H](O)[C@@H]4O)[C@H](O)[C@@H](O)[C@@H]3O)CC[C@@]3(C)C(=CC[C@H]4[C@]5(C)C[C@H](O)[C@@H](O)[C@](C)(CO)[C@H]5CC[C@@]43C)[C@@H]12. The molecule has 19 heteroatoms. The predicted molar refractivity (Wildman–Crippen MR) is 231 cm³/mol. The van der Waals surface area contributed by atoms with Crippen molar-refractivity contribution in [1.29, 1.82) is 0 Å². The maximum atomic E-state index is 15.0. The number of aliphatic hydroxyl groups excluding tert-OH is 12. The molecule has 0 aromatic carbocycles. The van der Waals surface area contributed by atoms with Crippen LogP contribution in [-0.4, -0.2) is 191 Å². The van der Waals surface area contributed by atoms with E-state index in [4.69, 9.17) is 28.4 Å². The fourth-order valence-corrected chi connectivity index (χ4v) is 15.2. The molecule has 8 aliphatic rings. The molecule has 0 spiro atoms. The summed E-state index contributed by atoms with van der Waals surface area (Å²) in [5, 5.41) is 130. The smallest absolute Gasteiger partial charge is 0.315 e. The van der Waals surface area contributed by atoms with Gasteiger partial charge in [0.2, 0.25) is 6.29 Å². The van der Waals surface area contributed by atoms with Crippen LogP contribution in [0.15, 0.2) is 11.6 Å². The quantitative estimate of drug-likeness (QED) is 0.0971. The maximum absolute atomic E-state index is 15.0. The first kappa shape index (κ1) is 51.9. The van der Waals surface area contributed by atoms with Crippen molar-refractivity contribution in [2.45, 2.75) is 204 Å². The molecule has 5 aliphatic carbocycles. The average molecular weight is 959 g/mol. The van der Waals surface area contributed by atoms with Crippen LogP contribution in [0.4, 0.5) is 0 Å². The Labute approximate surface area is 392 Å². The predicted octanol–water partition coefficient (Wildman–Crippen LogP) is -1.03. The van der Waals surface area contributed by atoms with Crippen molar-refractivity contribution in [3.63, 3.8) is 0 Å². The Bertz CT molecular complexity index is 1820. The summed E-state index contributed by atoms with van der Waals surface area (Å²) in [4.78, 5) is 15.0. The normalized spacial score (nSPS) is 56.7. The number of rotatable bonds is 9. The minimum Gasteiger partial charge on any atom is -0.432 e. The van der Waals surface area contributed by atoms with Crippen LogP contribution in [0.25, 0.3) is 0 Å². The van der Waals surface area contributed by atoms with Crippen LogP contribution in [0, 0.1) is 56.7 Å². The summed E-state index contributed by atoms with van der Waals surface area (Å²) in [6.07, 6.45) is -18.9. The minimum atomic E-state index is -1.86. The fourth-order valence-electron chi connectivity index (χ4n) is 15.2. The number of ether oxygens (including phenoxy) is 6. The standard InChI is InChI=1S/C48H78O19/c1-20-10-13-48(15-14-46(6)23(29(48)21(20)2)8-9-28-44(4)16-24(51)39(60)45(5,19-50)27(44)11-12-47(28,46)7)43(61)67-42-36(58)33(55)31(53)26(65-42)18-62-40-37(59)34(56)38(25(17-49)64-40)66-41-35(57)32(54)30(52)22(3)63-41/h8,20-22,24-42,49-60H,9-19H2,1-7H3/t20-,21+,22+,24-,25-,26-,27-,28-,29+,30+,31-,32-,33+,34-,35-,36-,37-,38-,39+,40-,41+,42+,44+,45+,46-,47-,48+/m0/s1. The molecule has 0 unspecified atom stereocenters. The first-order valence-corrected chi connectivity index (χ1v) is 24.5. The van der Waals surface area contributed by atoms with Crippen molar-refractivity contribution in [1.82, 2.24) is 0 Å². The van der Waals surface area contributed by atoms with Gasteiger partial charge in [0, 0.05) is 5.41 Å². The highest BCUT2D eigenvalue weighted by atomic mass is 16.8. The lowest BCUT2D eigenvalue weighted by Crippen LogP contribution is -2.68. The molecular formula is C48H78O19. The molecule has 8 rings (SSSR count). The van der Waals surface area contributed by atoms with Gasteiger partial charge in [-0.05, 0) is 104 Å². The minimum absolute atomic E-state index is 0.0112. The third-order valence-corrected chi connectivity index (χ3v) is 19.7. The average Bonchev–Trinajstić information content (AvgIpc) is 3.29. The molecule has 3 heterocycles. The van der Waals surface area contributed by atoms with Crippen LogP contribution >= 0.6 is 0 Å². The number of allylic oxidation sites excluding steroid dienone is 2. The Kier molecular flexibility index (Phi) is 14.4. The van der Waals surface area contributed by atoms with Crippen LogP contribution in [0.3, 0.4) is 0 Å². The highest BCUT2D eigenvalue weighted by molar-refractivity contribution is 5.79. The summed E-state index contributed by atoms with van der Waals surface area (Å²) in [7, 11) is 0. The maximum Gasteiger partial charge on any atom is 0.315 e. The van der Waals surface area contributed by atoms with Gasteiger partial charge in [0.15, 0.2) is 12.6 Å². The van der Waals surface area contributed by atoms with Crippen LogP contribution in [0.1, 0.15) is 99.8 Å². The monoisotopic (exact) mass is 959 g/mol. The number of carbonyl (C=O) groups is 1. The van der Waals surface area contributed by atoms with E-state index in [-0.39, 0.29) is 52.4 Å². The molecule has 7 fully saturated rings. The second kappa shape index (κ2) is 18.5. The van der Waals surface area contributed by atoms with Crippen LogP contribution in [-0.2, 0) is 33.2 Å². The first-order valence-electron chi connectivity index (χ1n) is 24.5. The lowest BCUT2D eigenvalue weighted by Gasteiger charge is -2.71. The Hall–Kier alpha value is -1.47. The van der Waals surface area contributed by atoms with Gasteiger partial charge in [-0.3, -0.25) is 4.79 Å². The molecule has 384 valence electrons. The molecule has 4 saturated carbocycles. The summed E-state index contributed by atoms with van der Waals surface area (Å²) in [5.41, 5.74) is -1.64. The summed E-state index contributed by atoms with van der Waals surface area (Å²) in [6, 6.07) is 0. The second-order valence-electron chi connectivity index (χ2n) is 22.9. The molecule has 0 radical (unpaired) electrons. The lowest BCUT2D eigenvalue weighted by molar-refractivity contribution is -0.361.